The fourth-order valence-electron chi connectivity index (χ4n) is 4.68. The molecule has 0 aromatic heterocycles. The molecule has 6 nitrogen and oxygen atoms in total. The van der Waals surface area contributed by atoms with Crippen LogP contribution in [0.25, 0.3) is 0 Å². The zero-order valence-corrected chi connectivity index (χ0v) is 18.6. The van der Waals surface area contributed by atoms with E-state index in [-0.39, 0.29) is 18.7 Å². The van der Waals surface area contributed by atoms with Crippen molar-refractivity contribution in [1.29, 1.82) is 0 Å². The number of piperidine rings is 1. The van der Waals surface area contributed by atoms with Gasteiger partial charge in [0.05, 0.1) is 6.04 Å². The Morgan fingerprint density at radius 2 is 1.77 bits per heavy atom. The molecule has 1 aliphatic carbocycles. The summed E-state index contributed by atoms with van der Waals surface area (Å²) in [6.45, 7) is 6.97. The molecule has 1 saturated carbocycles. The predicted molar refractivity (Wildman–Crippen MR) is 116 cm³/mol. The number of amides is 2. The van der Waals surface area contributed by atoms with Gasteiger partial charge in [-0.25, -0.2) is 9.59 Å². The molecule has 30 heavy (non-hydrogen) atoms. The van der Waals surface area contributed by atoms with Gasteiger partial charge in [-0.15, -0.1) is 0 Å². The molecule has 2 fully saturated rings. The number of alkyl carbamates (subject to hydrolysis) is 1. The number of nitrogens with zero attached hydrogens (tertiary/aromatic N) is 1. The Morgan fingerprint density at radius 3 is 2.43 bits per heavy atom. The zero-order valence-electron chi connectivity index (χ0n) is 18.6. The SMILES string of the molecule is CC(C)(C)OC(=O)N[C@H]1CN(C(=O)OCc2ccccc2)CC[C@H]1C1CCCCC1. The van der Waals surface area contributed by atoms with Gasteiger partial charge in [-0.3, -0.25) is 0 Å². The molecule has 2 amide bonds. The third-order valence-corrected chi connectivity index (χ3v) is 6.09. The minimum absolute atomic E-state index is 0.110. The van der Waals surface area contributed by atoms with Gasteiger partial charge in [0.15, 0.2) is 0 Å². The van der Waals surface area contributed by atoms with Crippen molar-refractivity contribution >= 4 is 12.2 Å². The van der Waals surface area contributed by atoms with Crippen molar-refractivity contribution < 1.29 is 19.1 Å². The predicted octanol–water partition coefficient (Wildman–Crippen LogP) is 5.12. The van der Waals surface area contributed by atoms with E-state index in [0.717, 1.165) is 12.0 Å². The lowest BCUT2D eigenvalue weighted by atomic mass is 9.73. The Kier molecular flexibility index (Phi) is 7.62. The summed E-state index contributed by atoms with van der Waals surface area (Å²) in [4.78, 5) is 26.9. The van der Waals surface area contributed by atoms with E-state index in [4.69, 9.17) is 9.47 Å². The van der Waals surface area contributed by atoms with Crippen LogP contribution >= 0.6 is 0 Å². The van der Waals surface area contributed by atoms with Crippen molar-refractivity contribution in [2.75, 3.05) is 13.1 Å². The van der Waals surface area contributed by atoms with Crippen LogP contribution in [-0.4, -0.2) is 41.8 Å². The average Bonchev–Trinajstić information content (AvgIpc) is 2.72. The smallest absolute Gasteiger partial charge is 0.410 e. The van der Waals surface area contributed by atoms with Crippen LogP contribution in [0, 0.1) is 11.8 Å². The van der Waals surface area contributed by atoms with Gasteiger partial charge in [-0.05, 0) is 44.6 Å². The quantitative estimate of drug-likeness (QED) is 0.740. The Labute approximate surface area is 180 Å². The molecule has 6 heteroatoms. The number of hydrogen-bond donors (Lipinski definition) is 1. The maximum absolute atomic E-state index is 12.7. The van der Waals surface area contributed by atoms with E-state index in [2.05, 4.69) is 5.32 Å². The molecule has 1 aliphatic heterocycles. The van der Waals surface area contributed by atoms with Gasteiger partial charge < -0.3 is 19.7 Å². The number of carbonyl (C=O) groups excluding carboxylic acids is 2. The van der Waals surface area contributed by atoms with Crippen LogP contribution in [-0.2, 0) is 16.1 Å². The van der Waals surface area contributed by atoms with E-state index >= 15 is 0 Å². The molecule has 0 radical (unpaired) electrons. The molecule has 1 N–H and O–H groups in total. The van der Waals surface area contributed by atoms with E-state index < -0.39 is 11.7 Å². The molecule has 0 unspecified atom stereocenters. The number of ether oxygens (including phenoxy) is 2. The van der Waals surface area contributed by atoms with E-state index in [1.807, 2.05) is 51.1 Å². The van der Waals surface area contributed by atoms with Crippen LogP contribution < -0.4 is 5.32 Å². The van der Waals surface area contributed by atoms with Gasteiger partial charge in [-0.1, -0.05) is 62.4 Å². The Balaban J connectivity index is 1.62. The lowest BCUT2D eigenvalue weighted by molar-refractivity contribution is 0.0312. The Morgan fingerprint density at radius 1 is 1.07 bits per heavy atom. The lowest BCUT2D eigenvalue weighted by Crippen LogP contribution is -2.56. The highest BCUT2D eigenvalue weighted by molar-refractivity contribution is 5.70. The number of nitrogens with one attached hydrogen (secondary N) is 1. The highest BCUT2D eigenvalue weighted by atomic mass is 16.6. The van der Waals surface area contributed by atoms with Crippen LogP contribution in [0.15, 0.2) is 30.3 Å². The van der Waals surface area contributed by atoms with Crippen molar-refractivity contribution in [3.8, 4) is 0 Å². The summed E-state index contributed by atoms with van der Waals surface area (Å²) in [5.74, 6) is 0.970. The molecule has 3 rings (SSSR count). The second-order valence-electron chi connectivity index (χ2n) is 9.59. The maximum Gasteiger partial charge on any atom is 0.410 e. The number of benzene rings is 1. The normalized spacial score (nSPS) is 23.0. The van der Waals surface area contributed by atoms with Crippen LogP contribution in [0.1, 0.15) is 64.9 Å². The monoisotopic (exact) mass is 416 g/mol. The summed E-state index contributed by atoms with van der Waals surface area (Å²) in [5.41, 5.74) is 0.416. The molecule has 1 heterocycles. The van der Waals surface area contributed by atoms with E-state index in [9.17, 15) is 9.59 Å². The van der Waals surface area contributed by atoms with Gasteiger partial charge in [0, 0.05) is 13.1 Å². The minimum atomic E-state index is -0.548. The molecule has 0 spiro atoms. The first-order valence-electron chi connectivity index (χ1n) is 11.3. The number of likely N-dealkylation sites (tertiary alicyclic amines) is 1. The molecule has 166 valence electrons. The van der Waals surface area contributed by atoms with Crippen molar-refractivity contribution in [3.05, 3.63) is 35.9 Å². The van der Waals surface area contributed by atoms with Gasteiger partial charge in [-0.2, -0.15) is 0 Å². The second kappa shape index (κ2) is 10.2. The molecule has 1 saturated heterocycles. The fourth-order valence-corrected chi connectivity index (χ4v) is 4.68. The molecule has 2 aliphatic rings. The van der Waals surface area contributed by atoms with E-state index in [1.165, 1.54) is 32.1 Å². The lowest BCUT2D eigenvalue weighted by Gasteiger charge is -2.43. The van der Waals surface area contributed by atoms with Gasteiger partial charge in [0.2, 0.25) is 0 Å². The summed E-state index contributed by atoms with van der Waals surface area (Å²) >= 11 is 0. The summed E-state index contributed by atoms with van der Waals surface area (Å²) in [6, 6.07) is 9.57. The highest BCUT2D eigenvalue weighted by Gasteiger charge is 2.38. The van der Waals surface area contributed by atoms with Gasteiger partial charge in [0.25, 0.3) is 0 Å². The standard InChI is InChI=1S/C24H36N2O4/c1-24(2,3)30-22(27)25-21-16-26(15-14-20(21)19-12-8-5-9-13-19)23(28)29-17-18-10-6-4-7-11-18/h4,6-7,10-11,19-21H,5,8-9,12-17H2,1-3H3,(H,25,27)/t20-,21-/m0/s1. The first-order valence-corrected chi connectivity index (χ1v) is 11.3. The molecule has 1 aromatic rings. The molecule has 1 aromatic carbocycles. The van der Waals surface area contributed by atoms with Crippen molar-refractivity contribution in [2.24, 2.45) is 11.8 Å². The van der Waals surface area contributed by atoms with Crippen LogP contribution in [0.4, 0.5) is 9.59 Å². The van der Waals surface area contributed by atoms with Crippen molar-refractivity contribution in [1.82, 2.24) is 10.2 Å². The second-order valence-corrected chi connectivity index (χ2v) is 9.59. The topological polar surface area (TPSA) is 67.9 Å². The van der Waals surface area contributed by atoms with Crippen LogP contribution in [0.2, 0.25) is 0 Å². The Bertz CT molecular complexity index is 695. The van der Waals surface area contributed by atoms with Gasteiger partial charge >= 0.3 is 12.2 Å². The van der Waals surface area contributed by atoms with Crippen LogP contribution in [0.5, 0.6) is 0 Å². The molecular weight excluding hydrogens is 380 g/mol. The van der Waals surface area contributed by atoms with E-state index in [0.29, 0.717) is 24.9 Å². The summed E-state index contributed by atoms with van der Waals surface area (Å²) < 4.78 is 11.0. The maximum atomic E-state index is 12.7. The fraction of sp³-hybridized carbons (Fsp3) is 0.667. The van der Waals surface area contributed by atoms with E-state index in [1.54, 1.807) is 4.90 Å². The summed E-state index contributed by atoms with van der Waals surface area (Å²) in [5, 5.41) is 3.07. The summed E-state index contributed by atoms with van der Waals surface area (Å²) in [7, 11) is 0. The Hall–Kier alpha value is -2.24. The molecule has 2 atom stereocenters. The van der Waals surface area contributed by atoms with Crippen molar-refractivity contribution in [2.45, 2.75) is 77.5 Å². The highest BCUT2D eigenvalue weighted by Crippen LogP contribution is 2.36. The van der Waals surface area contributed by atoms with Gasteiger partial charge in [0.1, 0.15) is 12.2 Å². The first-order chi connectivity index (χ1) is 14.3. The number of rotatable bonds is 4. The molecular formula is C24H36N2O4. The minimum Gasteiger partial charge on any atom is -0.445 e. The number of carbonyl (C=O) groups is 2. The van der Waals surface area contributed by atoms with Crippen molar-refractivity contribution in [3.63, 3.8) is 0 Å². The summed E-state index contributed by atoms with van der Waals surface area (Å²) in [6.07, 6.45) is 6.36. The zero-order chi connectivity index (χ0) is 21.6. The number of hydrogen-bond acceptors (Lipinski definition) is 4. The first kappa shape index (κ1) is 22.4. The third kappa shape index (κ3) is 6.64. The van der Waals surface area contributed by atoms with Crippen LogP contribution in [0.3, 0.4) is 0 Å². The molecule has 0 bridgehead atoms. The third-order valence-electron chi connectivity index (χ3n) is 6.09. The largest absolute Gasteiger partial charge is 0.445 e. The average molecular weight is 417 g/mol.